The number of hydrogen-bond donors (Lipinski definition) is 2. The lowest BCUT2D eigenvalue weighted by molar-refractivity contribution is 0.408. The fourth-order valence-electron chi connectivity index (χ4n) is 1.53. The standard InChI is InChI=1S/C14H26N2O2S2/c1-5-9-15-10-8-12-6-7-13(19-12)20(17,18)16-11-14(2,3)4/h6-7,15-16H,5,8-11H2,1-4H3. The summed E-state index contributed by atoms with van der Waals surface area (Å²) in [6.45, 7) is 10.5. The highest BCUT2D eigenvalue weighted by atomic mass is 32.2. The molecular weight excluding hydrogens is 292 g/mol. The predicted molar refractivity (Wildman–Crippen MR) is 85.8 cm³/mol. The van der Waals surface area contributed by atoms with Gasteiger partial charge in [0, 0.05) is 11.4 Å². The van der Waals surface area contributed by atoms with Crippen LogP contribution in [0.1, 0.15) is 39.0 Å². The molecule has 1 aromatic heterocycles. The number of hydrogen-bond acceptors (Lipinski definition) is 4. The molecule has 0 aromatic carbocycles. The SMILES string of the molecule is CCCNCCc1ccc(S(=O)(=O)NCC(C)(C)C)s1. The van der Waals surface area contributed by atoms with Crippen LogP contribution in [0.15, 0.2) is 16.3 Å². The predicted octanol–water partition coefficient (Wildman–Crippen LogP) is 2.61. The largest absolute Gasteiger partial charge is 0.316 e. The lowest BCUT2D eigenvalue weighted by Gasteiger charge is -2.18. The van der Waals surface area contributed by atoms with E-state index in [2.05, 4.69) is 17.0 Å². The van der Waals surface area contributed by atoms with Crippen LogP contribution in [0.3, 0.4) is 0 Å². The zero-order valence-corrected chi connectivity index (χ0v) is 14.5. The summed E-state index contributed by atoms with van der Waals surface area (Å²) < 4.78 is 27.4. The summed E-state index contributed by atoms with van der Waals surface area (Å²) in [5.41, 5.74) is -0.0583. The van der Waals surface area contributed by atoms with Crippen molar-refractivity contribution in [1.29, 1.82) is 0 Å². The average Bonchev–Trinajstić information content (AvgIpc) is 2.81. The van der Waals surface area contributed by atoms with Gasteiger partial charge in [0.2, 0.25) is 10.0 Å². The molecular formula is C14H26N2O2S2. The van der Waals surface area contributed by atoms with E-state index < -0.39 is 10.0 Å². The molecule has 0 atom stereocenters. The van der Waals surface area contributed by atoms with E-state index in [-0.39, 0.29) is 5.41 Å². The quantitative estimate of drug-likeness (QED) is 0.724. The van der Waals surface area contributed by atoms with Crippen LogP contribution in [0.4, 0.5) is 0 Å². The van der Waals surface area contributed by atoms with Crippen LogP contribution in [-0.4, -0.2) is 28.1 Å². The molecule has 0 amide bonds. The van der Waals surface area contributed by atoms with Gasteiger partial charge in [-0.15, -0.1) is 11.3 Å². The second-order valence-corrected chi connectivity index (χ2v) is 9.27. The second-order valence-electron chi connectivity index (χ2n) is 6.11. The Kier molecular flexibility index (Phi) is 6.64. The Balaban J connectivity index is 2.57. The van der Waals surface area contributed by atoms with Crippen LogP contribution in [0, 0.1) is 5.41 Å². The van der Waals surface area contributed by atoms with Crippen molar-refractivity contribution in [3.63, 3.8) is 0 Å². The number of sulfonamides is 1. The van der Waals surface area contributed by atoms with Crippen molar-refractivity contribution < 1.29 is 8.42 Å². The number of rotatable bonds is 8. The summed E-state index contributed by atoms with van der Waals surface area (Å²) in [5, 5.41) is 3.32. The lowest BCUT2D eigenvalue weighted by atomic mass is 9.98. The van der Waals surface area contributed by atoms with Crippen LogP contribution in [0.2, 0.25) is 0 Å². The Labute approximate surface area is 127 Å². The molecule has 1 aromatic rings. The number of thiophene rings is 1. The highest BCUT2D eigenvalue weighted by Gasteiger charge is 2.20. The molecule has 0 spiro atoms. The lowest BCUT2D eigenvalue weighted by Crippen LogP contribution is -2.31. The third-order valence-corrected chi connectivity index (χ3v) is 5.71. The summed E-state index contributed by atoms with van der Waals surface area (Å²) in [5.74, 6) is 0. The first-order valence-electron chi connectivity index (χ1n) is 7.04. The normalized spacial score (nSPS) is 12.8. The van der Waals surface area contributed by atoms with E-state index in [0.717, 1.165) is 30.8 Å². The average molecular weight is 319 g/mol. The number of nitrogens with one attached hydrogen (secondary N) is 2. The van der Waals surface area contributed by atoms with E-state index in [1.165, 1.54) is 11.3 Å². The zero-order valence-electron chi connectivity index (χ0n) is 12.8. The van der Waals surface area contributed by atoms with Crippen LogP contribution >= 0.6 is 11.3 Å². The Morgan fingerprint density at radius 3 is 2.50 bits per heavy atom. The van der Waals surface area contributed by atoms with Gasteiger partial charge in [0.15, 0.2) is 0 Å². The van der Waals surface area contributed by atoms with E-state index in [0.29, 0.717) is 10.8 Å². The van der Waals surface area contributed by atoms with Crippen molar-refractivity contribution in [2.75, 3.05) is 19.6 Å². The maximum Gasteiger partial charge on any atom is 0.250 e. The van der Waals surface area contributed by atoms with Gasteiger partial charge in [0.25, 0.3) is 0 Å². The fraction of sp³-hybridized carbons (Fsp3) is 0.714. The molecule has 0 saturated heterocycles. The molecule has 0 aliphatic rings. The first kappa shape index (κ1) is 17.6. The van der Waals surface area contributed by atoms with Gasteiger partial charge in [-0.25, -0.2) is 13.1 Å². The third-order valence-electron chi connectivity index (χ3n) is 2.67. The van der Waals surface area contributed by atoms with Gasteiger partial charge in [-0.2, -0.15) is 0 Å². The first-order chi connectivity index (χ1) is 9.24. The van der Waals surface area contributed by atoms with Crippen LogP contribution in [0.5, 0.6) is 0 Å². The van der Waals surface area contributed by atoms with Gasteiger partial charge in [0.05, 0.1) is 0 Å². The van der Waals surface area contributed by atoms with Crippen molar-refractivity contribution in [3.05, 3.63) is 17.0 Å². The summed E-state index contributed by atoms with van der Waals surface area (Å²) in [6.07, 6.45) is 1.99. The Morgan fingerprint density at radius 2 is 1.90 bits per heavy atom. The summed E-state index contributed by atoms with van der Waals surface area (Å²) in [4.78, 5) is 1.10. The molecule has 2 N–H and O–H groups in total. The van der Waals surface area contributed by atoms with Gasteiger partial charge in [0.1, 0.15) is 4.21 Å². The van der Waals surface area contributed by atoms with E-state index >= 15 is 0 Å². The maximum absolute atomic E-state index is 12.2. The van der Waals surface area contributed by atoms with Gasteiger partial charge >= 0.3 is 0 Å². The molecule has 4 nitrogen and oxygen atoms in total. The van der Waals surface area contributed by atoms with Crippen LogP contribution in [0.25, 0.3) is 0 Å². The van der Waals surface area contributed by atoms with E-state index in [9.17, 15) is 8.42 Å². The molecule has 0 saturated carbocycles. The first-order valence-corrected chi connectivity index (χ1v) is 9.34. The van der Waals surface area contributed by atoms with E-state index in [4.69, 9.17) is 0 Å². The Hall–Kier alpha value is -0.430. The highest BCUT2D eigenvalue weighted by Crippen LogP contribution is 2.22. The van der Waals surface area contributed by atoms with E-state index in [1.54, 1.807) is 6.07 Å². The molecule has 0 fully saturated rings. The van der Waals surface area contributed by atoms with Gasteiger partial charge < -0.3 is 5.32 Å². The topological polar surface area (TPSA) is 58.2 Å². The second kappa shape index (κ2) is 7.54. The van der Waals surface area contributed by atoms with E-state index in [1.807, 2.05) is 26.8 Å². The molecule has 6 heteroatoms. The molecule has 116 valence electrons. The summed E-state index contributed by atoms with van der Waals surface area (Å²) in [7, 11) is -3.36. The smallest absolute Gasteiger partial charge is 0.250 e. The van der Waals surface area contributed by atoms with Gasteiger partial charge in [-0.05, 0) is 43.5 Å². The molecule has 0 aliphatic carbocycles. The molecule has 0 radical (unpaired) electrons. The van der Waals surface area contributed by atoms with Crippen molar-refractivity contribution in [3.8, 4) is 0 Å². The minimum Gasteiger partial charge on any atom is -0.316 e. The van der Waals surface area contributed by atoms with Crippen LogP contribution in [-0.2, 0) is 16.4 Å². The molecule has 0 bridgehead atoms. The fourth-order valence-corrected chi connectivity index (χ4v) is 4.22. The Bertz CT molecular complexity index is 501. The summed E-state index contributed by atoms with van der Waals surface area (Å²) in [6, 6.07) is 3.61. The zero-order chi connectivity index (χ0) is 15.2. The van der Waals surface area contributed by atoms with Crippen molar-refractivity contribution >= 4 is 21.4 Å². The minimum atomic E-state index is -3.36. The molecule has 1 rings (SSSR count). The molecule has 20 heavy (non-hydrogen) atoms. The van der Waals surface area contributed by atoms with Crippen molar-refractivity contribution in [1.82, 2.24) is 10.0 Å². The minimum absolute atomic E-state index is 0.0583. The van der Waals surface area contributed by atoms with Gasteiger partial charge in [-0.3, -0.25) is 0 Å². The molecule has 0 unspecified atom stereocenters. The van der Waals surface area contributed by atoms with Crippen molar-refractivity contribution in [2.24, 2.45) is 5.41 Å². The van der Waals surface area contributed by atoms with Gasteiger partial charge in [-0.1, -0.05) is 27.7 Å². The maximum atomic E-state index is 12.2. The third kappa shape index (κ3) is 6.35. The highest BCUT2D eigenvalue weighted by molar-refractivity contribution is 7.91. The van der Waals surface area contributed by atoms with Crippen LogP contribution < -0.4 is 10.0 Å². The Morgan fingerprint density at radius 1 is 1.20 bits per heavy atom. The monoisotopic (exact) mass is 318 g/mol. The van der Waals surface area contributed by atoms with Crippen molar-refractivity contribution in [2.45, 2.75) is 44.7 Å². The summed E-state index contributed by atoms with van der Waals surface area (Å²) >= 11 is 1.36. The molecule has 1 heterocycles. The molecule has 0 aliphatic heterocycles.